The summed E-state index contributed by atoms with van der Waals surface area (Å²) in [5.74, 6) is 3.28. The molecule has 2 atom stereocenters. The summed E-state index contributed by atoms with van der Waals surface area (Å²) in [6.45, 7) is 0.662. The van der Waals surface area contributed by atoms with Crippen LogP contribution in [-0.4, -0.2) is 81.5 Å². The van der Waals surface area contributed by atoms with Crippen molar-refractivity contribution >= 4 is 82.2 Å². The number of carbonyl (C=O) groups is 2. The lowest BCUT2D eigenvalue weighted by Crippen LogP contribution is -2.33. The van der Waals surface area contributed by atoms with Gasteiger partial charge in [0.2, 0.25) is 0 Å². The van der Waals surface area contributed by atoms with Crippen molar-refractivity contribution in [2.45, 2.75) is 16.7 Å². The van der Waals surface area contributed by atoms with E-state index in [4.69, 9.17) is 62.6 Å². The summed E-state index contributed by atoms with van der Waals surface area (Å²) in [4.78, 5) is 26.6. The Morgan fingerprint density at radius 1 is 0.400 bits per heavy atom. The number of ether oxygens (including phenoxy) is 12. The molecule has 0 aromatic heterocycles. The predicted molar refractivity (Wildman–Crippen MR) is 366 cm³/mol. The number of anilines is 3. The Morgan fingerprint density at radius 3 is 1.15 bits per heavy atom. The minimum absolute atomic E-state index is 0.0537. The number of carbonyl (C=O) groups excluding carboxylic acids is 2. The average Bonchev–Trinajstić information content (AvgIpc) is 1.35. The van der Waals surface area contributed by atoms with Gasteiger partial charge in [-0.25, -0.2) is 9.59 Å². The van der Waals surface area contributed by atoms with E-state index in [0.717, 1.165) is 78.2 Å². The molecule has 16 rings (SSSR count). The molecule has 0 radical (unpaired) electrons. The summed E-state index contributed by atoms with van der Waals surface area (Å²) < 4.78 is 134. The van der Waals surface area contributed by atoms with Crippen LogP contribution in [-0.2, 0) is 49.7 Å². The normalized spacial score (nSPS) is 15.8. The van der Waals surface area contributed by atoms with Crippen LogP contribution < -0.4 is 43.7 Å². The molecular formula is C77H59F3N2O17S. The van der Waals surface area contributed by atoms with Gasteiger partial charge in [0.25, 0.3) is 0 Å². The van der Waals surface area contributed by atoms with Crippen LogP contribution in [0.25, 0.3) is 43.1 Å². The second kappa shape index (κ2) is 26.7. The first-order chi connectivity index (χ1) is 48.4. The van der Waals surface area contributed by atoms with Crippen molar-refractivity contribution in [3.8, 4) is 51.7 Å². The minimum atomic E-state index is -5.88. The zero-order chi connectivity index (χ0) is 69.5. The third kappa shape index (κ3) is 11.9. The fourth-order valence-electron chi connectivity index (χ4n) is 12.8. The van der Waals surface area contributed by atoms with Gasteiger partial charge in [0.15, 0.2) is 38.4 Å². The molecule has 506 valence electrons. The number of nitrogen functional groups attached to an aromatic ring is 1. The first-order valence-corrected chi connectivity index (χ1v) is 32.4. The van der Waals surface area contributed by atoms with Crippen molar-refractivity contribution in [2.24, 2.45) is 0 Å². The average molecular weight is 1370 g/mol. The Balaban J connectivity index is 0.000000148. The van der Waals surface area contributed by atoms with E-state index < -0.39 is 38.5 Å². The molecule has 12 aromatic carbocycles. The number of nitrogens with two attached hydrogens (primary N) is 1. The van der Waals surface area contributed by atoms with Crippen molar-refractivity contribution < 1.29 is 92.2 Å². The molecule has 12 aromatic rings. The molecular weight excluding hydrogens is 1310 g/mol. The molecule has 0 fully saturated rings. The molecule has 0 saturated heterocycles. The molecule has 19 nitrogen and oxygen atoms in total. The molecule has 4 aliphatic heterocycles. The van der Waals surface area contributed by atoms with Crippen molar-refractivity contribution in [3.05, 3.63) is 263 Å². The van der Waals surface area contributed by atoms with Crippen LogP contribution in [0.3, 0.4) is 0 Å². The van der Waals surface area contributed by atoms with Crippen LogP contribution in [0.15, 0.2) is 218 Å². The summed E-state index contributed by atoms with van der Waals surface area (Å²) >= 11 is 0. The van der Waals surface area contributed by atoms with Gasteiger partial charge in [-0.2, -0.15) is 21.6 Å². The molecule has 2 unspecified atom stereocenters. The van der Waals surface area contributed by atoms with E-state index in [1.165, 1.54) is 19.2 Å². The lowest BCUT2D eigenvalue weighted by Gasteiger charge is -2.37. The van der Waals surface area contributed by atoms with Crippen molar-refractivity contribution in [1.29, 1.82) is 0 Å². The zero-order valence-corrected chi connectivity index (χ0v) is 54.5. The lowest BCUT2D eigenvalue weighted by molar-refractivity contribution is -0.0500. The molecule has 0 bridgehead atoms. The summed E-state index contributed by atoms with van der Waals surface area (Å²) in [6.07, 6.45) is 0. The maximum atomic E-state index is 13.4. The van der Waals surface area contributed by atoms with Gasteiger partial charge in [0, 0.05) is 100 Å². The maximum absolute atomic E-state index is 13.4. The topological polar surface area (TPSA) is 226 Å². The minimum Gasteiger partial charge on any atom is -0.468 e. The van der Waals surface area contributed by atoms with E-state index in [0.29, 0.717) is 72.7 Å². The standard InChI is InChI=1S/C38H29NO7.C31H19F3O8S.C8H11NO2/c1-41-21-43-27-12-9-25(10-13-27)39-26-11-15-29-23(19-26)7-17-33-35(29)45-36-30-16-14-28(44-22-42-2)20-24(30)8-18-34(36)38(33)32-6-4-3-5-31(32)37(40)46-38;1-38-16-39-19-8-10-21-17(14-19)6-12-25-27(21)40-28-22-11-9-20(42-43(36,37)31(32,33)34)15-18(22)7-13-26(28)30(25)24-5-3-2-4-23(24)29(35)41-30;1-10-6-11-8-4-2-7(9)3-5-8/h3-20,39H,21-22H2,1-2H3;2-15H,16H2,1H3;2-5H,6,9H2,1H3. The van der Waals surface area contributed by atoms with Gasteiger partial charge in [-0.3, -0.25) is 0 Å². The van der Waals surface area contributed by atoms with Crippen LogP contribution in [0.4, 0.5) is 30.2 Å². The van der Waals surface area contributed by atoms with Crippen molar-refractivity contribution in [3.63, 3.8) is 0 Å². The molecule has 0 amide bonds. The number of hydrogen-bond donors (Lipinski definition) is 2. The summed E-state index contributed by atoms with van der Waals surface area (Å²) in [7, 11) is 0.394. The fraction of sp³-hybridized carbons (Fsp3) is 0.143. The van der Waals surface area contributed by atoms with E-state index in [2.05, 4.69) is 15.6 Å². The lowest BCUT2D eigenvalue weighted by atomic mass is 9.76. The smallest absolute Gasteiger partial charge is 0.468 e. The summed E-state index contributed by atoms with van der Waals surface area (Å²) in [5, 5.41) is 9.34. The monoisotopic (exact) mass is 1370 g/mol. The number of rotatable bonds is 16. The molecule has 23 heteroatoms. The van der Waals surface area contributed by atoms with Gasteiger partial charge in [0.05, 0.1) is 11.1 Å². The van der Waals surface area contributed by atoms with Crippen LogP contribution in [0.1, 0.15) is 54.1 Å². The highest BCUT2D eigenvalue weighted by Crippen LogP contribution is 2.61. The molecule has 2 spiro atoms. The first kappa shape index (κ1) is 65.7. The highest BCUT2D eigenvalue weighted by Gasteiger charge is 2.56. The largest absolute Gasteiger partial charge is 0.534 e. The molecule has 4 aliphatic rings. The number of fused-ring (bicyclic) bond motifs is 20. The number of hydrogen-bond acceptors (Lipinski definition) is 19. The SMILES string of the molecule is COCOc1ccc(N)cc1.COCOc1ccc(Nc2ccc3c4c(ccc3c2)C2(OC(=O)c3ccccc32)c2ccc3cc(OCOC)ccc3c2O4)cc1.COCOc1ccc2c3c(ccc2c1)C1(OC(=O)c2ccccc21)c1ccc2cc(OS(=O)(=O)C(F)(F)F)ccc2c1O3. The van der Waals surface area contributed by atoms with Crippen molar-refractivity contribution in [1.82, 2.24) is 0 Å². The third-order valence-corrected chi connectivity index (χ3v) is 18.1. The number of halogens is 3. The Labute approximate surface area is 569 Å². The van der Waals surface area contributed by atoms with Crippen LogP contribution >= 0.6 is 0 Å². The summed E-state index contributed by atoms with van der Waals surface area (Å²) in [6, 6.07) is 65.4. The van der Waals surface area contributed by atoms with Crippen LogP contribution in [0.5, 0.6) is 51.7 Å². The number of alkyl halides is 3. The van der Waals surface area contributed by atoms with Gasteiger partial charge in [0.1, 0.15) is 51.7 Å². The van der Waals surface area contributed by atoms with E-state index >= 15 is 0 Å². The van der Waals surface area contributed by atoms with Gasteiger partial charge in [-0.05, 0) is 179 Å². The highest BCUT2D eigenvalue weighted by atomic mass is 32.2. The van der Waals surface area contributed by atoms with E-state index in [9.17, 15) is 31.2 Å². The quantitative estimate of drug-likeness (QED) is 0.0301. The third-order valence-electron chi connectivity index (χ3n) is 17.2. The highest BCUT2D eigenvalue weighted by molar-refractivity contribution is 7.88. The molecule has 3 N–H and O–H groups in total. The Hall–Kier alpha value is -11.6. The van der Waals surface area contributed by atoms with Gasteiger partial charge in [-0.15, -0.1) is 0 Å². The van der Waals surface area contributed by atoms with E-state index in [-0.39, 0.29) is 38.9 Å². The van der Waals surface area contributed by atoms with Gasteiger partial charge < -0.3 is 72.1 Å². The number of benzene rings is 12. The van der Waals surface area contributed by atoms with E-state index in [1.807, 2.05) is 121 Å². The van der Waals surface area contributed by atoms with Gasteiger partial charge in [-0.1, -0.05) is 60.7 Å². The number of nitrogens with one attached hydrogen (secondary N) is 1. The zero-order valence-electron chi connectivity index (χ0n) is 53.7. The maximum Gasteiger partial charge on any atom is 0.534 e. The Kier molecular flexibility index (Phi) is 17.5. The fourth-order valence-corrected chi connectivity index (χ4v) is 13.2. The van der Waals surface area contributed by atoms with Crippen LogP contribution in [0, 0.1) is 0 Å². The number of esters is 2. The molecule has 4 heterocycles. The van der Waals surface area contributed by atoms with Crippen LogP contribution in [0.2, 0.25) is 0 Å². The second-order valence-electron chi connectivity index (χ2n) is 23.2. The summed E-state index contributed by atoms with van der Waals surface area (Å²) in [5.41, 5.74) is 4.79. The molecule has 0 aliphatic carbocycles. The molecule has 0 saturated carbocycles. The molecule has 100 heavy (non-hydrogen) atoms. The first-order valence-electron chi connectivity index (χ1n) is 31.0. The Morgan fingerprint density at radius 2 is 0.740 bits per heavy atom. The Bertz CT molecular complexity index is 5310. The van der Waals surface area contributed by atoms with Gasteiger partial charge >= 0.3 is 27.6 Å². The second-order valence-corrected chi connectivity index (χ2v) is 24.7. The van der Waals surface area contributed by atoms with Crippen molar-refractivity contribution in [2.75, 3.05) is 66.7 Å². The van der Waals surface area contributed by atoms with E-state index in [1.54, 1.807) is 94.1 Å². The number of methoxy groups -OCH3 is 4. The predicted octanol–water partition coefficient (Wildman–Crippen LogP) is 16.3.